The summed E-state index contributed by atoms with van der Waals surface area (Å²) < 4.78 is 5.01. The minimum absolute atomic E-state index is 0.400. The first-order valence-electron chi connectivity index (χ1n) is 12.0. The van der Waals surface area contributed by atoms with Gasteiger partial charge in [-0.3, -0.25) is 0 Å². The third-order valence-electron chi connectivity index (χ3n) is 5.70. The number of alkyl carbamates (subject to hydrolysis) is 1. The third kappa shape index (κ3) is 13.1. The molecule has 1 amide bonds. The number of amides is 1. The number of carbonyl (C=O) groups is 2. The molecule has 2 aliphatic carbocycles. The highest BCUT2D eigenvalue weighted by atomic mass is 16.6. The van der Waals surface area contributed by atoms with Crippen LogP contribution < -0.4 is 10.6 Å². The molecule has 2 rings (SSSR count). The van der Waals surface area contributed by atoms with Gasteiger partial charge in [-0.15, -0.1) is 0 Å². The van der Waals surface area contributed by atoms with Gasteiger partial charge in [0.1, 0.15) is 11.6 Å². The number of carboxylic acid groups (broad SMARTS) is 1. The van der Waals surface area contributed by atoms with E-state index in [0.717, 1.165) is 18.5 Å². The predicted molar refractivity (Wildman–Crippen MR) is 122 cm³/mol. The zero-order chi connectivity index (χ0) is 22.6. The number of carbonyl (C=O) groups excluding carboxylic acids is 1. The van der Waals surface area contributed by atoms with Crippen molar-refractivity contribution < 1.29 is 19.4 Å². The van der Waals surface area contributed by atoms with Crippen LogP contribution in [-0.2, 0) is 9.53 Å². The highest BCUT2D eigenvalue weighted by molar-refractivity contribution is 5.79. The minimum atomic E-state index is -1.03. The molecule has 0 aromatic rings. The minimum Gasteiger partial charge on any atom is -0.480 e. The van der Waals surface area contributed by atoms with Crippen molar-refractivity contribution in [2.45, 2.75) is 135 Å². The van der Waals surface area contributed by atoms with Gasteiger partial charge in [-0.2, -0.15) is 0 Å². The lowest BCUT2D eigenvalue weighted by Gasteiger charge is -2.30. The van der Waals surface area contributed by atoms with E-state index < -0.39 is 23.7 Å². The first-order valence-corrected chi connectivity index (χ1v) is 12.0. The topological polar surface area (TPSA) is 87.7 Å². The molecular weight excluding hydrogens is 380 g/mol. The highest BCUT2D eigenvalue weighted by Crippen LogP contribution is 2.22. The molecule has 0 aliphatic heterocycles. The van der Waals surface area contributed by atoms with Crippen LogP contribution >= 0.6 is 0 Å². The van der Waals surface area contributed by atoms with E-state index >= 15 is 0 Å². The molecule has 6 heteroatoms. The molecule has 0 saturated heterocycles. The standard InChI is InChI=1S/C12H23NO4.C12H23N/c1-8(2)6-7-9(10(14)15)13-11(16)17-12(3,4)5;1-3-7-11(8-4-1)13-12-9-5-2-6-10-12/h8-9H,6-7H2,1-5H3,(H,13,16)(H,14,15);11-13H,1-10H2/t9-;/m1./s1. The van der Waals surface area contributed by atoms with Gasteiger partial charge in [-0.25, -0.2) is 9.59 Å². The zero-order valence-electron chi connectivity index (χ0n) is 20.0. The summed E-state index contributed by atoms with van der Waals surface area (Å²) in [6, 6.07) is 0.862. The fourth-order valence-corrected chi connectivity index (χ4v) is 4.08. The van der Waals surface area contributed by atoms with E-state index in [1.165, 1.54) is 64.2 Å². The summed E-state index contributed by atoms with van der Waals surface area (Å²) in [5, 5.41) is 15.2. The van der Waals surface area contributed by atoms with Crippen LogP contribution in [0.5, 0.6) is 0 Å². The molecule has 1 atom stereocenters. The second-order valence-corrected chi connectivity index (χ2v) is 10.3. The number of hydrogen-bond donors (Lipinski definition) is 3. The lowest BCUT2D eigenvalue weighted by Crippen LogP contribution is -2.43. The van der Waals surface area contributed by atoms with Gasteiger partial charge in [0.25, 0.3) is 0 Å². The Morgan fingerprint density at radius 3 is 1.73 bits per heavy atom. The molecule has 3 N–H and O–H groups in total. The molecule has 0 unspecified atom stereocenters. The molecule has 2 fully saturated rings. The second-order valence-electron chi connectivity index (χ2n) is 10.3. The summed E-state index contributed by atoms with van der Waals surface area (Å²) in [6.07, 6.45) is 15.0. The van der Waals surface area contributed by atoms with Crippen molar-refractivity contribution in [1.29, 1.82) is 0 Å². The summed E-state index contributed by atoms with van der Waals surface area (Å²) >= 11 is 0. The Hall–Kier alpha value is -1.30. The summed E-state index contributed by atoms with van der Waals surface area (Å²) in [6.45, 7) is 9.21. The number of rotatable bonds is 7. The third-order valence-corrected chi connectivity index (χ3v) is 5.70. The summed E-state index contributed by atoms with van der Waals surface area (Å²) in [7, 11) is 0. The maximum atomic E-state index is 11.4. The quantitative estimate of drug-likeness (QED) is 0.490. The molecule has 176 valence electrons. The van der Waals surface area contributed by atoms with E-state index in [4.69, 9.17) is 9.84 Å². The Kier molecular flexibility index (Phi) is 12.4. The van der Waals surface area contributed by atoms with Crippen molar-refractivity contribution >= 4 is 12.1 Å². The number of carboxylic acids is 1. The highest BCUT2D eigenvalue weighted by Gasteiger charge is 2.24. The van der Waals surface area contributed by atoms with Gasteiger partial charge in [-0.05, 0) is 65.2 Å². The van der Waals surface area contributed by atoms with E-state index in [2.05, 4.69) is 10.6 Å². The lowest BCUT2D eigenvalue weighted by molar-refractivity contribution is -0.139. The Labute approximate surface area is 183 Å². The van der Waals surface area contributed by atoms with E-state index in [1.54, 1.807) is 20.8 Å². The van der Waals surface area contributed by atoms with Crippen LogP contribution in [0.15, 0.2) is 0 Å². The molecule has 30 heavy (non-hydrogen) atoms. The van der Waals surface area contributed by atoms with Gasteiger partial charge in [0.2, 0.25) is 0 Å². The first-order chi connectivity index (χ1) is 14.1. The van der Waals surface area contributed by atoms with E-state index in [0.29, 0.717) is 12.3 Å². The zero-order valence-corrected chi connectivity index (χ0v) is 20.0. The van der Waals surface area contributed by atoms with Gasteiger partial charge < -0.3 is 20.5 Å². The monoisotopic (exact) mass is 426 g/mol. The molecule has 0 radical (unpaired) electrons. The fraction of sp³-hybridized carbons (Fsp3) is 0.917. The Balaban J connectivity index is 0.000000308. The van der Waals surface area contributed by atoms with Crippen LogP contribution in [-0.4, -0.2) is 40.9 Å². The molecule has 2 aliphatic rings. The summed E-state index contributed by atoms with van der Waals surface area (Å²) in [5.41, 5.74) is -0.620. The number of nitrogens with one attached hydrogen (secondary N) is 2. The number of ether oxygens (including phenoxy) is 1. The second kappa shape index (κ2) is 13.9. The van der Waals surface area contributed by atoms with Crippen LogP contribution in [0.4, 0.5) is 4.79 Å². The molecule has 0 bridgehead atoms. The normalized spacial score (nSPS) is 19.5. The Morgan fingerprint density at radius 2 is 1.37 bits per heavy atom. The van der Waals surface area contributed by atoms with Crippen LogP contribution in [0.2, 0.25) is 0 Å². The molecular formula is C24H46N2O4. The summed E-state index contributed by atoms with van der Waals surface area (Å²) in [5.74, 6) is -0.631. The lowest BCUT2D eigenvalue weighted by atomic mass is 9.91. The Bertz CT molecular complexity index is 474. The van der Waals surface area contributed by atoms with Gasteiger partial charge in [0.05, 0.1) is 0 Å². The van der Waals surface area contributed by atoms with Gasteiger partial charge in [0.15, 0.2) is 0 Å². The number of aliphatic carboxylic acids is 1. The SMILES string of the molecule is C1CCC(NC2CCCCC2)CC1.CC(C)CC[C@@H](NC(=O)OC(C)(C)C)C(=O)O. The van der Waals surface area contributed by atoms with Crippen molar-refractivity contribution in [3.05, 3.63) is 0 Å². The van der Waals surface area contributed by atoms with E-state index in [9.17, 15) is 9.59 Å². The van der Waals surface area contributed by atoms with Crippen molar-refractivity contribution in [2.24, 2.45) is 5.92 Å². The maximum absolute atomic E-state index is 11.4. The van der Waals surface area contributed by atoms with Crippen LogP contribution in [0.25, 0.3) is 0 Å². The van der Waals surface area contributed by atoms with Crippen LogP contribution in [0.3, 0.4) is 0 Å². The largest absolute Gasteiger partial charge is 0.480 e. The van der Waals surface area contributed by atoms with Crippen molar-refractivity contribution in [2.75, 3.05) is 0 Å². The van der Waals surface area contributed by atoms with Gasteiger partial charge in [0, 0.05) is 12.1 Å². The van der Waals surface area contributed by atoms with E-state index in [1.807, 2.05) is 13.8 Å². The fourth-order valence-electron chi connectivity index (χ4n) is 4.08. The molecule has 0 heterocycles. The average Bonchev–Trinajstić information content (AvgIpc) is 2.65. The van der Waals surface area contributed by atoms with Gasteiger partial charge >= 0.3 is 12.1 Å². The average molecular weight is 427 g/mol. The maximum Gasteiger partial charge on any atom is 0.408 e. The first kappa shape index (κ1) is 26.7. The summed E-state index contributed by atoms with van der Waals surface area (Å²) in [4.78, 5) is 22.4. The molecule has 2 saturated carbocycles. The van der Waals surface area contributed by atoms with Crippen LogP contribution in [0.1, 0.15) is 112 Å². The molecule has 0 aromatic heterocycles. The van der Waals surface area contributed by atoms with Crippen LogP contribution in [0, 0.1) is 5.92 Å². The Morgan fingerprint density at radius 1 is 0.900 bits per heavy atom. The van der Waals surface area contributed by atoms with Crippen molar-refractivity contribution in [3.63, 3.8) is 0 Å². The molecule has 6 nitrogen and oxygen atoms in total. The number of hydrogen-bond acceptors (Lipinski definition) is 4. The molecule has 0 aromatic carbocycles. The molecule has 0 spiro atoms. The van der Waals surface area contributed by atoms with Crippen molar-refractivity contribution in [1.82, 2.24) is 10.6 Å². The smallest absolute Gasteiger partial charge is 0.408 e. The van der Waals surface area contributed by atoms with Gasteiger partial charge in [-0.1, -0.05) is 52.4 Å². The van der Waals surface area contributed by atoms with E-state index in [-0.39, 0.29) is 0 Å². The van der Waals surface area contributed by atoms with Crippen molar-refractivity contribution in [3.8, 4) is 0 Å². The predicted octanol–water partition coefficient (Wildman–Crippen LogP) is 5.64.